The van der Waals surface area contributed by atoms with Gasteiger partial charge in [0.05, 0.1) is 25.0 Å². The molecule has 0 N–H and O–H groups in total. The van der Waals surface area contributed by atoms with E-state index < -0.39 is 28.8 Å². The first-order valence-corrected chi connectivity index (χ1v) is 9.48. The summed E-state index contributed by atoms with van der Waals surface area (Å²) in [6.45, 7) is 4.72. The van der Waals surface area contributed by atoms with Crippen LogP contribution in [-0.2, 0) is 9.53 Å². The highest BCUT2D eigenvalue weighted by molar-refractivity contribution is 6.05. The monoisotopic (exact) mass is 398 g/mol. The van der Waals surface area contributed by atoms with Crippen molar-refractivity contribution >= 4 is 23.3 Å². The summed E-state index contributed by atoms with van der Waals surface area (Å²) in [5.74, 6) is -4.02. The highest BCUT2D eigenvalue weighted by Crippen LogP contribution is 2.44. The maximum absolute atomic E-state index is 15.0. The zero-order valence-electron chi connectivity index (χ0n) is 16.6. The zero-order chi connectivity index (χ0) is 20.8. The Hall–Kier alpha value is -2.25. The standard InChI is InChI=1S/C20H25F3N2O3/c1-5-20(23)8-9-24(10-20)18-11(2)17(25(12(3)26)13-6-7-13)14(19(27)28-4)15(21)16(18)22/h13H,5-10H2,1-4H3. The van der Waals surface area contributed by atoms with Gasteiger partial charge in [0, 0.05) is 31.5 Å². The number of carbonyl (C=O) groups is 2. The van der Waals surface area contributed by atoms with Gasteiger partial charge in [0.1, 0.15) is 11.2 Å². The Bertz CT molecular complexity index is 826. The lowest BCUT2D eigenvalue weighted by Crippen LogP contribution is -2.35. The Morgan fingerprint density at radius 1 is 1.29 bits per heavy atom. The van der Waals surface area contributed by atoms with E-state index in [2.05, 4.69) is 4.74 Å². The molecule has 2 aliphatic rings. The predicted octanol–water partition coefficient (Wildman–Crippen LogP) is 3.90. The fourth-order valence-corrected chi connectivity index (χ4v) is 3.99. The summed E-state index contributed by atoms with van der Waals surface area (Å²) in [6.07, 6.45) is 1.89. The lowest BCUT2D eigenvalue weighted by atomic mass is 10.0. The van der Waals surface area contributed by atoms with Crippen molar-refractivity contribution in [3.05, 3.63) is 22.8 Å². The Morgan fingerprint density at radius 3 is 2.39 bits per heavy atom. The predicted molar refractivity (Wildman–Crippen MR) is 99.6 cm³/mol. The van der Waals surface area contributed by atoms with E-state index in [1.165, 1.54) is 23.6 Å². The number of anilines is 2. The van der Waals surface area contributed by atoms with E-state index >= 15 is 8.78 Å². The minimum atomic E-state index is -1.48. The van der Waals surface area contributed by atoms with Crippen LogP contribution in [0.15, 0.2) is 0 Å². The normalized spacial score (nSPS) is 21.8. The number of esters is 1. The van der Waals surface area contributed by atoms with Crippen LogP contribution in [-0.4, -0.2) is 43.8 Å². The van der Waals surface area contributed by atoms with Crippen LogP contribution in [0.25, 0.3) is 0 Å². The molecule has 1 amide bonds. The van der Waals surface area contributed by atoms with Gasteiger partial charge in [0.2, 0.25) is 5.91 Å². The number of ether oxygens (including phenoxy) is 1. The lowest BCUT2D eigenvalue weighted by Gasteiger charge is -2.30. The zero-order valence-corrected chi connectivity index (χ0v) is 16.6. The number of hydrogen-bond acceptors (Lipinski definition) is 4. The summed E-state index contributed by atoms with van der Waals surface area (Å²) in [5.41, 5.74) is -1.91. The van der Waals surface area contributed by atoms with Crippen LogP contribution < -0.4 is 9.80 Å². The smallest absolute Gasteiger partial charge is 0.343 e. The summed E-state index contributed by atoms with van der Waals surface area (Å²) < 4.78 is 49.5. The third-order valence-corrected chi connectivity index (χ3v) is 5.70. The fourth-order valence-electron chi connectivity index (χ4n) is 3.99. The third-order valence-electron chi connectivity index (χ3n) is 5.70. The Kier molecular flexibility index (Phi) is 5.34. The molecule has 5 nitrogen and oxygen atoms in total. The molecule has 3 rings (SSSR count). The molecule has 1 saturated heterocycles. The summed E-state index contributed by atoms with van der Waals surface area (Å²) in [7, 11) is 1.07. The van der Waals surface area contributed by atoms with Crippen LogP contribution in [0.5, 0.6) is 0 Å². The average Bonchev–Trinajstić information content (AvgIpc) is 3.41. The summed E-state index contributed by atoms with van der Waals surface area (Å²) >= 11 is 0. The molecule has 8 heteroatoms. The minimum absolute atomic E-state index is 0.0172. The van der Waals surface area contributed by atoms with Gasteiger partial charge in [0.25, 0.3) is 0 Å². The first kappa shape index (κ1) is 20.5. The molecule has 1 unspecified atom stereocenters. The lowest BCUT2D eigenvalue weighted by molar-refractivity contribution is -0.116. The van der Waals surface area contributed by atoms with E-state index in [9.17, 15) is 14.0 Å². The van der Waals surface area contributed by atoms with Crippen LogP contribution >= 0.6 is 0 Å². The largest absolute Gasteiger partial charge is 0.465 e. The number of carbonyl (C=O) groups excluding carboxylic acids is 2. The van der Waals surface area contributed by atoms with Crippen LogP contribution in [0.4, 0.5) is 24.5 Å². The second kappa shape index (κ2) is 7.29. The van der Waals surface area contributed by atoms with Gasteiger partial charge in [-0.2, -0.15) is 0 Å². The molecule has 0 spiro atoms. The second-order valence-corrected chi connectivity index (χ2v) is 7.61. The first-order chi connectivity index (χ1) is 13.1. The molecule has 1 aliphatic heterocycles. The van der Waals surface area contributed by atoms with Gasteiger partial charge in [-0.15, -0.1) is 0 Å². The molecule has 1 heterocycles. The maximum atomic E-state index is 15.0. The Morgan fingerprint density at radius 2 is 1.93 bits per heavy atom. The minimum Gasteiger partial charge on any atom is -0.465 e. The summed E-state index contributed by atoms with van der Waals surface area (Å²) in [6, 6.07) is -0.174. The summed E-state index contributed by atoms with van der Waals surface area (Å²) in [4.78, 5) is 27.4. The third kappa shape index (κ3) is 3.33. The van der Waals surface area contributed by atoms with Crippen molar-refractivity contribution in [2.45, 2.75) is 58.2 Å². The van der Waals surface area contributed by atoms with E-state index in [1.54, 1.807) is 6.92 Å². The molecular formula is C20H25F3N2O3. The number of hydrogen-bond donors (Lipinski definition) is 0. The maximum Gasteiger partial charge on any atom is 0.343 e. The molecule has 0 bridgehead atoms. The van der Waals surface area contributed by atoms with Crippen molar-refractivity contribution in [1.82, 2.24) is 0 Å². The number of benzene rings is 1. The molecule has 2 fully saturated rings. The molecule has 1 atom stereocenters. The van der Waals surface area contributed by atoms with Gasteiger partial charge in [-0.1, -0.05) is 6.92 Å². The van der Waals surface area contributed by atoms with Gasteiger partial charge in [0.15, 0.2) is 11.6 Å². The van der Waals surface area contributed by atoms with Crippen molar-refractivity contribution < 1.29 is 27.5 Å². The van der Waals surface area contributed by atoms with Crippen molar-refractivity contribution in [2.24, 2.45) is 0 Å². The SMILES string of the molecule is CCC1(F)CCN(c2c(C)c(N(C(C)=O)C3CC3)c(C(=O)OC)c(F)c2F)C1. The van der Waals surface area contributed by atoms with E-state index in [0.29, 0.717) is 12.8 Å². The van der Waals surface area contributed by atoms with E-state index in [4.69, 9.17) is 0 Å². The van der Waals surface area contributed by atoms with Gasteiger partial charge in [-0.3, -0.25) is 4.79 Å². The number of methoxy groups -OCH3 is 1. The number of nitrogens with zero attached hydrogens (tertiary/aromatic N) is 2. The number of halogens is 3. The van der Waals surface area contributed by atoms with Gasteiger partial charge < -0.3 is 14.5 Å². The van der Waals surface area contributed by atoms with Crippen LogP contribution in [0.3, 0.4) is 0 Å². The first-order valence-electron chi connectivity index (χ1n) is 9.48. The number of alkyl halides is 1. The van der Waals surface area contributed by atoms with E-state index in [0.717, 1.165) is 7.11 Å². The second-order valence-electron chi connectivity index (χ2n) is 7.61. The molecular weight excluding hydrogens is 373 g/mol. The number of rotatable bonds is 5. The molecule has 0 aromatic heterocycles. The molecule has 1 aromatic rings. The van der Waals surface area contributed by atoms with Crippen LogP contribution in [0.1, 0.15) is 55.5 Å². The van der Waals surface area contributed by atoms with Gasteiger partial charge in [-0.05, 0) is 26.2 Å². The average molecular weight is 398 g/mol. The van der Waals surface area contributed by atoms with Gasteiger partial charge in [-0.25, -0.2) is 18.0 Å². The molecule has 28 heavy (non-hydrogen) atoms. The number of amides is 1. The van der Waals surface area contributed by atoms with Crippen LogP contribution in [0.2, 0.25) is 0 Å². The van der Waals surface area contributed by atoms with Gasteiger partial charge >= 0.3 is 5.97 Å². The van der Waals surface area contributed by atoms with Crippen molar-refractivity contribution in [3.63, 3.8) is 0 Å². The van der Waals surface area contributed by atoms with Crippen molar-refractivity contribution in [1.29, 1.82) is 0 Å². The molecule has 0 radical (unpaired) electrons. The summed E-state index contributed by atoms with van der Waals surface area (Å²) in [5, 5.41) is 0. The van der Waals surface area contributed by atoms with Crippen molar-refractivity contribution in [3.8, 4) is 0 Å². The Balaban J connectivity index is 2.23. The highest BCUT2D eigenvalue weighted by atomic mass is 19.2. The highest BCUT2D eigenvalue weighted by Gasteiger charge is 2.42. The van der Waals surface area contributed by atoms with E-state index in [-0.39, 0.29) is 54.8 Å². The van der Waals surface area contributed by atoms with Crippen LogP contribution in [0, 0.1) is 18.6 Å². The molecule has 1 aliphatic carbocycles. The fraction of sp³-hybridized carbons (Fsp3) is 0.600. The molecule has 1 aromatic carbocycles. The van der Waals surface area contributed by atoms with Crippen molar-refractivity contribution in [2.75, 3.05) is 30.0 Å². The molecule has 154 valence electrons. The Labute approximate surface area is 162 Å². The molecule has 1 saturated carbocycles. The quantitative estimate of drug-likeness (QED) is 0.706. The topological polar surface area (TPSA) is 49.9 Å². The van der Waals surface area contributed by atoms with E-state index in [1.807, 2.05) is 0 Å².